The fourth-order valence-electron chi connectivity index (χ4n) is 4.18. The van der Waals surface area contributed by atoms with Gasteiger partial charge in [0, 0.05) is 28.2 Å². The number of fused-ring (bicyclic) bond motifs is 3. The maximum absolute atomic E-state index is 5.26. The van der Waals surface area contributed by atoms with Crippen LogP contribution in [-0.2, 0) is 12.8 Å². The summed E-state index contributed by atoms with van der Waals surface area (Å²) in [5.74, 6) is 0.962. The van der Waals surface area contributed by atoms with E-state index in [1.165, 1.54) is 52.5 Å². The van der Waals surface area contributed by atoms with Gasteiger partial charge in [-0.25, -0.2) is 0 Å². The van der Waals surface area contributed by atoms with Gasteiger partial charge >= 0.3 is 0 Å². The van der Waals surface area contributed by atoms with E-state index in [0.29, 0.717) is 6.04 Å². The number of benzene rings is 1. The largest absolute Gasteiger partial charge is 0.361 e. The van der Waals surface area contributed by atoms with Crippen LogP contribution < -0.4 is 5.32 Å². The maximum atomic E-state index is 5.26. The molecule has 0 bridgehead atoms. The highest BCUT2D eigenvalue weighted by molar-refractivity contribution is 5.85. The van der Waals surface area contributed by atoms with Gasteiger partial charge in [-0.2, -0.15) is 0 Å². The van der Waals surface area contributed by atoms with Crippen LogP contribution in [0.5, 0.6) is 0 Å². The van der Waals surface area contributed by atoms with E-state index in [1.807, 2.05) is 13.8 Å². The topological polar surface area (TPSA) is 53.9 Å². The SMILES string of the molecule is Cc1ccc2[nH]c3c(c2c1)CCC[C@H]3NCCCc1c(C)noc1C. The van der Waals surface area contributed by atoms with Crippen LogP contribution in [0.4, 0.5) is 0 Å². The summed E-state index contributed by atoms with van der Waals surface area (Å²) in [6.07, 6.45) is 5.79. The van der Waals surface area contributed by atoms with Gasteiger partial charge in [0.15, 0.2) is 0 Å². The average Bonchev–Trinajstić information content (AvgIpc) is 3.13. The molecule has 25 heavy (non-hydrogen) atoms. The van der Waals surface area contributed by atoms with Crippen molar-refractivity contribution in [2.45, 2.75) is 58.9 Å². The van der Waals surface area contributed by atoms with Crippen molar-refractivity contribution in [1.82, 2.24) is 15.5 Å². The molecular weight excluding hydrogens is 310 g/mol. The van der Waals surface area contributed by atoms with Crippen molar-refractivity contribution in [3.8, 4) is 0 Å². The zero-order valence-corrected chi connectivity index (χ0v) is 15.4. The summed E-state index contributed by atoms with van der Waals surface area (Å²) in [5.41, 5.74) is 7.84. The minimum Gasteiger partial charge on any atom is -0.361 e. The van der Waals surface area contributed by atoms with E-state index in [1.54, 1.807) is 0 Å². The zero-order valence-electron chi connectivity index (χ0n) is 15.4. The number of hydrogen-bond donors (Lipinski definition) is 2. The molecule has 2 N–H and O–H groups in total. The Morgan fingerprint density at radius 1 is 1.28 bits per heavy atom. The summed E-state index contributed by atoms with van der Waals surface area (Å²) in [5, 5.41) is 9.23. The minimum atomic E-state index is 0.445. The second-order valence-corrected chi connectivity index (χ2v) is 7.37. The van der Waals surface area contributed by atoms with Crippen LogP contribution in [0.2, 0.25) is 0 Å². The van der Waals surface area contributed by atoms with E-state index < -0.39 is 0 Å². The Morgan fingerprint density at radius 2 is 2.16 bits per heavy atom. The number of aromatic nitrogens is 2. The van der Waals surface area contributed by atoms with Crippen LogP contribution >= 0.6 is 0 Å². The van der Waals surface area contributed by atoms with Gasteiger partial charge in [0.2, 0.25) is 0 Å². The quantitative estimate of drug-likeness (QED) is 0.665. The van der Waals surface area contributed by atoms with Crippen LogP contribution in [0.1, 0.15) is 59.1 Å². The van der Waals surface area contributed by atoms with E-state index in [0.717, 1.165) is 30.8 Å². The second-order valence-electron chi connectivity index (χ2n) is 7.37. The highest BCUT2D eigenvalue weighted by atomic mass is 16.5. The van der Waals surface area contributed by atoms with Crippen molar-refractivity contribution in [2.75, 3.05) is 6.54 Å². The lowest BCUT2D eigenvalue weighted by molar-refractivity contribution is 0.392. The Balaban J connectivity index is 1.44. The van der Waals surface area contributed by atoms with Crippen molar-refractivity contribution in [3.05, 3.63) is 52.0 Å². The molecule has 1 aromatic carbocycles. The van der Waals surface area contributed by atoms with Crippen LogP contribution in [0.25, 0.3) is 10.9 Å². The first-order valence-electron chi connectivity index (χ1n) is 9.39. The Labute approximate surface area is 149 Å². The summed E-state index contributed by atoms with van der Waals surface area (Å²) in [6.45, 7) is 7.22. The minimum absolute atomic E-state index is 0.445. The maximum Gasteiger partial charge on any atom is 0.137 e. The fourth-order valence-corrected chi connectivity index (χ4v) is 4.18. The van der Waals surface area contributed by atoms with Gasteiger partial charge in [-0.05, 0) is 77.1 Å². The first-order chi connectivity index (χ1) is 12.1. The molecule has 132 valence electrons. The zero-order chi connectivity index (χ0) is 17.4. The number of aryl methyl sites for hydroxylation is 4. The standard InChI is InChI=1S/C21H27N3O/c1-13-9-10-19-18(12-13)17-6-4-8-20(21(17)23-19)22-11-5-7-16-14(2)24-25-15(16)3/h9-10,12,20,22-23H,4-8,11H2,1-3H3/t20-/m1/s1. The molecule has 4 nitrogen and oxygen atoms in total. The third-order valence-electron chi connectivity index (χ3n) is 5.54. The van der Waals surface area contributed by atoms with Gasteiger partial charge in [0.1, 0.15) is 5.76 Å². The first kappa shape index (κ1) is 16.4. The Morgan fingerprint density at radius 3 is 2.96 bits per heavy atom. The first-order valence-corrected chi connectivity index (χ1v) is 9.39. The van der Waals surface area contributed by atoms with E-state index in [9.17, 15) is 0 Å². The molecule has 0 radical (unpaired) electrons. The number of aromatic amines is 1. The molecule has 1 atom stereocenters. The van der Waals surface area contributed by atoms with E-state index in [4.69, 9.17) is 4.52 Å². The van der Waals surface area contributed by atoms with Crippen LogP contribution in [0.3, 0.4) is 0 Å². The van der Waals surface area contributed by atoms with Crippen molar-refractivity contribution < 1.29 is 4.52 Å². The lowest BCUT2D eigenvalue weighted by Crippen LogP contribution is -2.26. The van der Waals surface area contributed by atoms with E-state index in [2.05, 4.69) is 40.6 Å². The highest BCUT2D eigenvalue weighted by Crippen LogP contribution is 2.35. The number of hydrogen-bond acceptors (Lipinski definition) is 3. The van der Waals surface area contributed by atoms with Crippen molar-refractivity contribution in [2.24, 2.45) is 0 Å². The normalized spacial score (nSPS) is 17.2. The van der Waals surface area contributed by atoms with E-state index in [-0.39, 0.29) is 0 Å². The number of nitrogens with one attached hydrogen (secondary N) is 2. The number of H-pyrrole nitrogens is 1. The third kappa shape index (κ3) is 3.11. The lowest BCUT2D eigenvalue weighted by Gasteiger charge is -2.24. The Bertz CT molecular complexity index is 871. The van der Waals surface area contributed by atoms with Gasteiger partial charge < -0.3 is 14.8 Å². The molecule has 0 spiro atoms. The van der Waals surface area contributed by atoms with Crippen molar-refractivity contribution in [3.63, 3.8) is 0 Å². The monoisotopic (exact) mass is 337 g/mol. The molecule has 0 saturated carbocycles. The molecule has 4 rings (SSSR count). The van der Waals surface area contributed by atoms with Gasteiger partial charge in [0.05, 0.1) is 5.69 Å². The molecule has 4 heteroatoms. The summed E-state index contributed by atoms with van der Waals surface area (Å²) < 4.78 is 5.26. The molecule has 3 aromatic rings. The molecule has 0 amide bonds. The van der Waals surface area contributed by atoms with Crippen LogP contribution in [0, 0.1) is 20.8 Å². The Hall–Kier alpha value is -2.07. The van der Waals surface area contributed by atoms with Gasteiger partial charge in [-0.15, -0.1) is 0 Å². The molecule has 0 saturated heterocycles. The predicted molar refractivity (Wildman–Crippen MR) is 101 cm³/mol. The van der Waals surface area contributed by atoms with Gasteiger partial charge in [-0.1, -0.05) is 16.8 Å². The van der Waals surface area contributed by atoms with Gasteiger partial charge in [-0.3, -0.25) is 0 Å². The molecule has 2 aromatic heterocycles. The van der Waals surface area contributed by atoms with Crippen molar-refractivity contribution >= 4 is 10.9 Å². The van der Waals surface area contributed by atoms with Crippen molar-refractivity contribution in [1.29, 1.82) is 0 Å². The van der Waals surface area contributed by atoms with E-state index >= 15 is 0 Å². The summed E-state index contributed by atoms with van der Waals surface area (Å²) >= 11 is 0. The molecule has 1 aliphatic rings. The average molecular weight is 337 g/mol. The molecular formula is C21H27N3O. The summed E-state index contributed by atoms with van der Waals surface area (Å²) in [7, 11) is 0. The highest BCUT2D eigenvalue weighted by Gasteiger charge is 2.23. The third-order valence-corrected chi connectivity index (χ3v) is 5.54. The summed E-state index contributed by atoms with van der Waals surface area (Å²) in [4.78, 5) is 3.68. The number of rotatable bonds is 5. The predicted octanol–water partition coefficient (Wildman–Crippen LogP) is 4.68. The van der Waals surface area contributed by atoms with Crippen LogP contribution in [-0.4, -0.2) is 16.7 Å². The fraction of sp³-hybridized carbons (Fsp3) is 0.476. The molecule has 1 aliphatic carbocycles. The molecule has 2 heterocycles. The second kappa shape index (κ2) is 6.68. The van der Waals surface area contributed by atoms with Crippen LogP contribution in [0.15, 0.2) is 22.7 Å². The van der Waals surface area contributed by atoms with Gasteiger partial charge in [0.25, 0.3) is 0 Å². The Kier molecular flexibility index (Phi) is 4.38. The smallest absolute Gasteiger partial charge is 0.137 e. The molecule has 0 fully saturated rings. The number of nitrogens with zero attached hydrogens (tertiary/aromatic N) is 1. The molecule has 0 unspecified atom stereocenters. The summed E-state index contributed by atoms with van der Waals surface area (Å²) in [6, 6.07) is 7.18. The lowest BCUT2D eigenvalue weighted by atomic mass is 9.91. The molecule has 0 aliphatic heterocycles.